The standard InChI is InChI=1S/C16H17NO3/c1-12-8-9-14(15(10-12)19-2)20-11-16(18)17-13-6-4-3-5-7-13/h3-10H,11H2,1-2H3,(H,17,18). The molecule has 0 aromatic heterocycles. The lowest BCUT2D eigenvalue weighted by molar-refractivity contribution is -0.118. The molecule has 104 valence electrons. The lowest BCUT2D eigenvalue weighted by atomic mass is 10.2. The zero-order chi connectivity index (χ0) is 14.4. The molecule has 0 bridgehead atoms. The number of rotatable bonds is 5. The van der Waals surface area contributed by atoms with E-state index in [-0.39, 0.29) is 12.5 Å². The van der Waals surface area contributed by atoms with E-state index in [1.165, 1.54) is 0 Å². The zero-order valence-corrected chi connectivity index (χ0v) is 11.6. The van der Waals surface area contributed by atoms with Gasteiger partial charge in [0.25, 0.3) is 5.91 Å². The Bertz CT molecular complexity index is 582. The molecule has 2 aromatic rings. The third-order valence-corrected chi connectivity index (χ3v) is 2.74. The molecule has 2 aromatic carbocycles. The minimum atomic E-state index is -0.209. The van der Waals surface area contributed by atoms with Gasteiger partial charge in [-0.15, -0.1) is 0 Å². The van der Waals surface area contributed by atoms with Gasteiger partial charge in [-0.2, -0.15) is 0 Å². The maximum Gasteiger partial charge on any atom is 0.262 e. The number of benzene rings is 2. The molecule has 4 nitrogen and oxygen atoms in total. The lowest BCUT2D eigenvalue weighted by Crippen LogP contribution is -2.20. The number of anilines is 1. The minimum Gasteiger partial charge on any atom is -0.493 e. The highest BCUT2D eigenvalue weighted by Crippen LogP contribution is 2.27. The van der Waals surface area contributed by atoms with Crippen molar-refractivity contribution in [3.8, 4) is 11.5 Å². The Hall–Kier alpha value is -2.49. The van der Waals surface area contributed by atoms with E-state index in [9.17, 15) is 4.79 Å². The second kappa shape index (κ2) is 6.61. The number of hydrogen-bond donors (Lipinski definition) is 1. The van der Waals surface area contributed by atoms with Crippen LogP contribution in [0.2, 0.25) is 0 Å². The smallest absolute Gasteiger partial charge is 0.262 e. The molecule has 0 saturated carbocycles. The number of carbonyl (C=O) groups is 1. The molecule has 0 fully saturated rings. The number of ether oxygens (including phenoxy) is 2. The number of methoxy groups -OCH3 is 1. The van der Waals surface area contributed by atoms with Crippen LogP contribution in [0.25, 0.3) is 0 Å². The molecular weight excluding hydrogens is 254 g/mol. The van der Waals surface area contributed by atoms with Gasteiger partial charge < -0.3 is 14.8 Å². The van der Waals surface area contributed by atoms with Gasteiger partial charge in [-0.25, -0.2) is 0 Å². The fourth-order valence-electron chi connectivity index (χ4n) is 1.76. The Morgan fingerprint density at radius 3 is 2.55 bits per heavy atom. The van der Waals surface area contributed by atoms with Gasteiger partial charge in [0, 0.05) is 5.69 Å². The predicted octanol–water partition coefficient (Wildman–Crippen LogP) is 3.02. The van der Waals surface area contributed by atoms with Crippen LogP contribution in [0.3, 0.4) is 0 Å². The van der Waals surface area contributed by atoms with Crippen LogP contribution in [-0.2, 0) is 4.79 Å². The van der Waals surface area contributed by atoms with Crippen LogP contribution in [-0.4, -0.2) is 19.6 Å². The minimum absolute atomic E-state index is 0.0612. The van der Waals surface area contributed by atoms with Crippen molar-refractivity contribution in [3.05, 3.63) is 54.1 Å². The van der Waals surface area contributed by atoms with Gasteiger partial charge >= 0.3 is 0 Å². The Morgan fingerprint density at radius 2 is 1.85 bits per heavy atom. The van der Waals surface area contributed by atoms with E-state index in [2.05, 4.69) is 5.32 Å². The lowest BCUT2D eigenvalue weighted by Gasteiger charge is -2.11. The highest BCUT2D eigenvalue weighted by molar-refractivity contribution is 5.91. The third kappa shape index (κ3) is 3.75. The fourth-order valence-corrected chi connectivity index (χ4v) is 1.76. The quantitative estimate of drug-likeness (QED) is 0.909. The Morgan fingerprint density at radius 1 is 1.10 bits per heavy atom. The molecular formula is C16H17NO3. The zero-order valence-electron chi connectivity index (χ0n) is 11.6. The van der Waals surface area contributed by atoms with E-state index in [1.807, 2.05) is 49.4 Å². The number of amides is 1. The molecule has 0 saturated heterocycles. The van der Waals surface area contributed by atoms with E-state index in [0.29, 0.717) is 11.5 Å². The van der Waals surface area contributed by atoms with Gasteiger partial charge in [-0.1, -0.05) is 24.3 Å². The number of para-hydroxylation sites is 1. The van der Waals surface area contributed by atoms with Crippen molar-refractivity contribution >= 4 is 11.6 Å². The van der Waals surface area contributed by atoms with E-state index in [1.54, 1.807) is 13.2 Å². The van der Waals surface area contributed by atoms with Gasteiger partial charge in [-0.05, 0) is 36.8 Å². The number of aryl methyl sites for hydroxylation is 1. The summed E-state index contributed by atoms with van der Waals surface area (Å²) < 4.78 is 10.7. The summed E-state index contributed by atoms with van der Waals surface area (Å²) in [7, 11) is 1.58. The van der Waals surface area contributed by atoms with E-state index in [0.717, 1.165) is 11.3 Å². The van der Waals surface area contributed by atoms with Crippen molar-refractivity contribution < 1.29 is 14.3 Å². The average molecular weight is 271 g/mol. The molecule has 0 unspecified atom stereocenters. The second-order valence-corrected chi connectivity index (χ2v) is 4.36. The molecule has 0 aliphatic carbocycles. The summed E-state index contributed by atoms with van der Waals surface area (Å²) in [5.74, 6) is 0.970. The van der Waals surface area contributed by atoms with Crippen molar-refractivity contribution in [1.29, 1.82) is 0 Å². The van der Waals surface area contributed by atoms with Crippen molar-refractivity contribution in [2.45, 2.75) is 6.92 Å². The molecule has 0 aliphatic heterocycles. The summed E-state index contributed by atoms with van der Waals surface area (Å²) >= 11 is 0. The largest absolute Gasteiger partial charge is 0.493 e. The fraction of sp³-hybridized carbons (Fsp3) is 0.188. The maximum atomic E-state index is 11.8. The Kier molecular flexibility index (Phi) is 4.60. The molecule has 0 radical (unpaired) electrons. The van der Waals surface area contributed by atoms with Crippen molar-refractivity contribution in [1.82, 2.24) is 0 Å². The SMILES string of the molecule is COc1cc(C)ccc1OCC(=O)Nc1ccccc1. The number of hydrogen-bond acceptors (Lipinski definition) is 3. The van der Waals surface area contributed by atoms with Crippen molar-refractivity contribution in [2.24, 2.45) is 0 Å². The monoisotopic (exact) mass is 271 g/mol. The summed E-state index contributed by atoms with van der Waals surface area (Å²) in [4.78, 5) is 11.8. The molecule has 0 spiro atoms. The van der Waals surface area contributed by atoms with Crippen LogP contribution < -0.4 is 14.8 Å². The molecule has 20 heavy (non-hydrogen) atoms. The van der Waals surface area contributed by atoms with Crippen LogP contribution in [0.5, 0.6) is 11.5 Å². The first kappa shape index (κ1) is 13.9. The summed E-state index contributed by atoms with van der Waals surface area (Å²) in [6.45, 7) is 1.91. The van der Waals surface area contributed by atoms with Gasteiger partial charge in [-0.3, -0.25) is 4.79 Å². The Labute approximate surface area is 118 Å². The highest BCUT2D eigenvalue weighted by atomic mass is 16.5. The topological polar surface area (TPSA) is 47.6 Å². The van der Waals surface area contributed by atoms with Crippen molar-refractivity contribution in [2.75, 3.05) is 19.0 Å². The molecule has 0 aliphatic rings. The Balaban J connectivity index is 1.93. The van der Waals surface area contributed by atoms with Crippen LogP contribution in [0, 0.1) is 6.92 Å². The molecule has 1 amide bonds. The summed E-state index contributed by atoms with van der Waals surface area (Å²) in [6.07, 6.45) is 0. The molecule has 0 heterocycles. The number of nitrogens with one attached hydrogen (secondary N) is 1. The third-order valence-electron chi connectivity index (χ3n) is 2.74. The summed E-state index contributed by atoms with van der Waals surface area (Å²) in [6, 6.07) is 14.8. The second-order valence-electron chi connectivity index (χ2n) is 4.36. The van der Waals surface area contributed by atoms with Crippen molar-refractivity contribution in [3.63, 3.8) is 0 Å². The predicted molar refractivity (Wildman–Crippen MR) is 78.3 cm³/mol. The average Bonchev–Trinajstić information content (AvgIpc) is 2.47. The van der Waals surface area contributed by atoms with Gasteiger partial charge in [0.05, 0.1) is 7.11 Å². The molecule has 1 N–H and O–H groups in total. The maximum absolute atomic E-state index is 11.8. The number of carbonyl (C=O) groups excluding carboxylic acids is 1. The first-order valence-corrected chi connectivity index (χ1v) is 6.31. The van der Waals surface area contributed by atoms with E-state index < -0.39 is 0 Å². The van der Waals surface area contributed by atoms with Crippen LogP contribution in [0.1, 0.15) is 5.56 Å². The van der Waals surface area contributed by atoms with Crippen LogP contribution >= 0.6 is 0 Å². The summed E-state index contributed by atoms with van der Waals surface area (Å²) in [5.41, 5.74) is 1.82. The first-order valence-electron chi connectivity index (χ1n) is 6.31. The van der Waals surface area contributed by atoms with E-state index >= 15 is 0 Å². The van der Waals surface area contributed by atoms with Gasteiger partial charge in [0.15, 0.2) is 18.1 Å². The van der Waals surface area contributed by atoms with Crippen LogP contribution in [0.4, 0.5) is 5.69 Å². The van der Waals surface area contributed by atoms with E-state index in [4.69, 9.17) is 9.47 Å². The highest BCUT2D eigenvalue weighted by Gasteiger charge is 2.07. The van der Waals surface area contributed by atoms with Gasteiger partial charge in [0.2, 0.25) is 0 Å². The normalized spacial score (nSPS) is 9.90. The molecule has 2 rings (SSSR count). The molecule has 0 atom stereocenters. The first-order chi connectivity index (χ1) is 9.69. The molecule has 4 heteroatoms. The summed E-state index contributed by atoms with van der Waals surface area (Å²) in [5, 5.41) is 2.76. The van der Waals surface area contributed by atoms with Crippen LogP contribution in [0.15, 0.2) is 48.5 Å². The van der Waals surface area contributed by atoms with Gasteiger partial charge in [0.1, 0.15) is 0 Å².